The first-order chi connectivity index (χ1) is 10.2. The van der Waals surface area contributed by atoms with Gasteiger partial charge in [0.05, 0.1) is 6.04 Å². The predicted molar refractivity (Wildman–Crippen MR) is 81.3 cm³/mol. The van der Waals surface area contributed by atoms with Gasteiger partial charge in [-0.3, -0.25) is 9.59 Å². The fourth-order valence-electron chi connectivity index (χ4n) is 2.59. The smallest absolute Gasteiger partial charge is 0.246 e. The van der Waals surface area contributed by atoms with Crippen LogP contribution in [0.3, 0.4) is 0 Å². The standard InChI is InChI=1S/C17H20N2O2/c1-3-14(4-2)19-11-10-16(20)18-15(17(19)21)12-13-8-6-5-7-9-13/h1,5-9,14-15H,4,10-12H2,2H3,(H,18,20). The van der Waals surface area contributed by atoms with E-state index in [4.69, 9.17) is 6.42 Å². The molecule has 1 aromatic rings. The van der Waals surface area contributed by atoms with Gasteiger partial charge >= 0.3 is 0 Å². The molecular formula is C17H20N2O2. The van der Waals surface area contributed by atoms with Gasteiger partial charge < -0.3 is 10.2 Å². The van der Waals surface area contributed by atoms with Crippen LogP contribution in [0.1, 0.15) is 25.3 Å². The van der Waals surface area contributed by atoms with Crippen LogP contribution in [0.25, 0.3) is 0 Å². The minimum Gasteiger partial charge on any atom is -0.344 e. The molecule has 1 aliphatic rings. The van der Waals surface area contributed by atoms with E-state index in [9.17, 15) is 9.59 Å². The summed E-state index contributed by atoms with van der Waals surface area (Å²) in [6, 6.07) is 8.89. The van der Waals surface area contributed by atoms with Crippen molar-refractivity contribution in [3.63, 3.8) is 0 Å². The maximum atomic E-state index is 12.7. The normalized spacial score (nSPS) is 20.4. The van der Waals surface area contributed by atoms with Gasteiger partial charge in [0.15, 0.2) is 0 Å². The van der Waals surface area contributed by atoms with Crippen molar-refractivity contribution in [1.82, 2.24) is 10.2 Å². The van der Waals surface area contributed by atoms with Gasteiger partial charge in [0.1, 0.15) is 6.04 Å². The molecule has 1 aliphatic heterocycles. The highest BCUT2D eigenvalue weighted by atomic mass is 16.2. The third kappa shape index (κ3) is 3.63. The molecule has 0 bridgehead atoms. The zero-order chi connectivity index (χ0) is 15.2. The maximum Gasteiger partial charge on any atom is 0.246 e. The van der Waals surface area contributed by atoms with Gasteiger partial charge in [0.25, 0.3) is 0 Å². The van der Waals surface area contributed by atoms with Crippen LogP contribution in [-0.2, 0) is 16.0 Å². The number of carbonyl (C=O) groups excluding carboxylic acids is 2. The van der Waals surface area contributed by atoms with Crippen LogP contribution in [0.4, 0.5) is 0 Å². The summed E-state index contributed by atoms with van der Waals surface area (Å²) in [6.07, 6.45) is 6.99. The van der Waals surface area contributed by atoms with Gasteiger partial charge in [-0.15, -0.1) is 6.42 Å². The number of hydrogen-bond acceptors (Lipinski definition) is 2. The third-order valence-corrected chi connectivity index (χ3v) is 3.73. The summed E-state index contributed by atoms with van der Waals surface area (Å²) < 4.78 is 0. The lowest BCUT2D eigenvalue weighted by Gasteiger charge is -2.28. The highest BCUT2D eigenvalue weighted by molar-refractivity contribution is 5.90. The van der Waals surface area contributed by atoms with Crippen molar-refractivity contribution in [1.29, 1.82) is 0 Å². The van der Waals surface area contributed by atoms with Gasteiger partial charge in [0, 0.05) is 19.4 Å². The van der Waals surface area contributed by atoms with Crippen molar-refractivity contribution >= 4 is 11.8 Å². The van der Waals surface area contributed by atoms with Crippen molar-refractivity contribution in [2.24, 2.45) is 0 Å². The predicted octanol–water partition coefficient (Wildman–Crippen LogP) is 1.36. The van der Waals surface area contributed by atoms with Crippen molar-refractivity contribution in [2.75, 3.05) is 6.54 Å². The van der Waals surface area contributed by atoms with E-state index in [1.165, 1.54) is 0 Å². The van der Waals surface area contributed by atoms with E-state index in [0.717, 1.165) is 5.56 Å². The quantitative estimate of drug-likeness (QED) is 0.849. The van der Waals surface area contributed by atoms with E-state index in [1.807, 2.05) is 37.3 Å². The first kappa shape index (κ1) is 15.1. The Hall–Kier alpha value is -2.28. The number of terminal acetylenes is 1. The second-order valence-corrected chi connectivity index (χ2v) is 5.18. The molecule has 110 valence electrons. The minimum absolute atomic E-state index is 0.0884. The second-order valence-electron chi connectivity index (χ2n) is 5.18. The van der Waals surface area contributed by atoms with Crippen molar-refractivity contribution < 1.29 is 9.59 Å². The molecule has 2 unspecified atom stereocenters. The number of hydrogen-bond donors (Lipinski definition) is 1. The number of rotatable bonds is 4. The average Bonchev–Trinajstić information content (AvgIpc) is 2.63. The third-order valence-electron chi connectivity index (χ3n) is 3.73. The van der Waals surface area contributed by atoms with Gasteiger partial charge in [0.2, 0.25) is 11.8 Å². The summed E-state index contributed by atoms with van der Waals surface area (Å²) in [6.45, 7) is 2.34. The zero-order valence-corrected chi connectivity index (χ0v) is 12.2. The highest BCUT2D eigenvalue weighted by Gasteiger charge is 2.32. The average molecular weight is 284 g/mol. The Morgan fingerprint density at radius 2 is 2.10 bits per heavy atom. The van der Waals surface area contributed by atoms with E-state index in [0.29, 0.717) is 25.8 Å². The molecule has 1 saturated heterocycles. The van der Waals surface area contributed by atoms with Crippen LogP contribution in [0.15, 0.2) is 30.3 Å². The van der Waals surface area contributed by atoms with Crippen molar-refractivity contribution in [2.45, 2.75) is 38.3 Å². The molecule has 21 heavy (non-hydrogen) atoms. The maximum absolute atomic E-state index is 12.7. The Bertz CT molecular complexity index is 548. The van der Waals surface area contributed by atoms with Crippen molar-refractivity contribution in [3.8, 4) is 12.3 Å². The summed E-state index contributed by atoms with van der Waals surface area (Å²) in [5, 5.41) is 2.81. The first-order valence-electron chi connectivity index (χ1n) is 7.25. The Balaban J connectivity index is 2.20. The molecule has 0 saturated carbocycles. The molecule has 1 heterocycles. The monoisotopic (exact) mass is 284 g/mol. The van der Waals surface area contributed by atoms with Gasteiger partial charge in [-0.1, -0.05) is 43.2 Å². The largest absolute Gasteiger partial charge is 0.344 e. The minimum atomic E-state index is -0.537. The summed E-state index contributed by atoms with van der Waals surface area (Å²) in [4.78, 5) is 26.2. The summed E-state index contributed by atoms with van der Waals surface area (Å²) in [5.41, 5.74) is 1.02. The molecule has 1 N–H and O–H groups in total. The van der Waals surface area contributed by atoms with Crippen LogP contribution in [0.2, 0.25) is 0 Å². The summed E-state index contributed by atoms with van der Waals surface area (Å²) in [5.74, 6) is 2.46. The van der Waals surface area contributed by atoms with Crippen LogP contribution in [0, 0.1) is 12.3 Å². The topological polar surface area (TPSA) is 49.4 Å². The Kier molecular flexibility index (Phi) is 4.99. The van der Waals surface area contributed by atoms with E-state index in [2.05, 4.69) is 11.2 Å². The lowest BCUT2D eigenvalue weighted by Crippen LogP contribution is -2.49. The fourth-order valence-corrected chi connectivity index (χ4v) is 2.59. The van der Waals surface area contributed by atoms with Crippen LogP contribution in [0.5, 0.6) is 0 Å². The fraction of sp³-hybridized carbons (Fsp3) is 0.412. The van der Waals surface area contributed by atoms with E-state index in [-0.39, 0.29) is 17.9 Å². The molecule has 0 radical (unpaired) electrons. The molecule has 0 spiro atoms. The molecule has 1 aromatic carbocycles. The Morgan fingerprint density at radius 1 is 1.38 bits per heavy atom. The molecule has 4 nitrogen and oxygen atoms in total. The van der Waals surface area contributed by atoms with Crippen LogP contribution < -0.4 is 5.32 Å². The van der Waals surface area contributed by atoms with Gasteiger partial charge in [-0.25, -0.2) is 0 Å². The Labute approximate surface area is 125 Å². The molecular weight excluding hydrogens is 264 g/mol. The Morgan fingerprint density at radius 3 is 2.71 bits per heavy atom. The zero-order valence-electron chi connectivity index (χ0n) is 12.2. The molecule has 0 aromatic heterocycles. The summed E-state index contributed by atoms with van der Waals surface area (Å²) >= 11 is 0. The number of benzene rings is 1. The van der Waals surface area contributed by atoms with Gasteiger partial charge in [-0.2, -0.15) is 0 Å². The first-order valence-corrected chi connectivity index (χ1v) is 7.25. The summed E-state index contributed by atoms with van der Waals surface area (Å²) in [7, 11) is 0. The number of amides is 2. The molecule has 2 atom stereocenters. The van der Waals surface area contributed by atoms with Gasteiger partial charge in [-0.05, 0) is 12.0 Å². The number of carbonyl (C=O) groups is 2. The molecule has 4 heteroatoms. The molecule has 2 rings (SSSR count). The molecule has 1 fully saturated rings. The molecule has 0 aliphatic carbocycles. The number of nitrogens with one attached hydrogen (secondary N) is 1. The van der Waals surface area contributed by atoms with E-state index < -0.39 is 6.04 Å². The van der Waals surface area contributed by atoms with Crippen molar-refractivity contribution in [3.05, 3.63) is 35.9 Å². The SMILES string of the molecule is C#CC(CC)N1CCC(=O)NC(Cc2ccccc2)C1=O. The second kappa shape index (κ2) is 6.94. The van der Waals surface area contributed by atoms with E-state index >= 15 is 0 Å². The highest BCUT2D eigenvalue weighted by Crippen LogP contribution is 2.14. The van der Waals surface area contributed by atoms with E-state index in [1.54, 1.807) is 4.90 Å². The lowest BCUT2D eigenvalue weighted by atomic mass is 10.0. The van der Waals surface area contributed by atoms with Crippen LogP contribution >= 0.6 is 0 Å². The van der Waals surface area contributed by atoms with Crippen LogP contribution in [-0.4, -0.2) is 35.3 Å². The molecule has 2 amide bonds. The number of nitrogens with zero attached hydrogens (tertiary/aromatic N) is 1. The lowest BCUT2D eigenvalue weighted by molar-refractivity contribution is -0.134.